The van der Waals surface area contributed by atoms with Gasteiger partial charge in [-0.3, -0.25) is 4.90 Å². The highest BCUT2D eigenvalue weighted by molar-refractivity contribution is 4.90. The SMILES string of the molecule is CCCCCCC(C)(CCCCCC)N1CCC1. The number of nitrogens with zero attached hydrogens (tertiary/aromatic N) is 1. The molecule has 1 saturated heterocycles. The van der Waals surface area contributed by atoms with E-state index in [1.54, 1.807) is 0 Å². The molecule has 0 aromatic rings. The summed E-state index contributed by atoms with van der Waals surface area (Å²) in [6.07, 6.45) is 15.6. The van der Waals surface area contributed by atoms with Crippen LogP contribution >= 0.6 is 0 Å². The van der Waals surface area contributed by atoms with Crippen LogP contribution in [0.5, 0.6) is 0 Å². The van der Waals surface area contributed by atoms with E-state index in [0.717, 1.165) is 0 Å². The zero-order valence-electron chi connectivity index (χ0n) is 13.1. The lowest BCUT2D eigenvalue weighted by Crippen LogP contribution is -2.53. The summed E-state index contributed by atoms with van der Waals surface area (Å²) in [6.45, 7) is 9.86. The van der Waals surface area contributed by atoms with Crippen LogP contribution in [0.2, 0.25) is 0 Å². The smallest absolute Gasteiger partial charge is 0.0181 e. The lowest BCUT2D eigenvalue weighted by molar-refractivity contribution is 0.0251. The van der Waals surface area contributed by atoms with Gasteiger partial charge in [-0.2, -0.15) is 0 Å². The molecular formula is C17H35N. The molecule has 0 radical (unpaired) electrons. The second-order valence-electron chi connectivity index (χ2n) is 6.46. The fraction of sp³-hybridized carbons (Fsp3) is 1.00. The number of hydrogen-bond acceptors (Lipinski definition) is 1. The molecule has 1 nitrogen and oxygen atoms in total. The Morgan fingerprint density at radius 1 is 0.778 bits per heavy atom. The lowest BCUT2D eigenvalue weighted by atomic mass is 9.84. The fourth-order valence-electron chi connectivity index (χ4n) is 3.16. The number of rotatable bonds is 11. The Bertz CT molecular complexity index is 184. The Morgan fingerprint density at radius 2 is 1.28 bits per heavy atom. The fourth-order valence-corrected chi connectivity index (χ4v) is 3.16. The summed E-state index contributed by atoms with van der Waals surface area (Å²) in [5, 5.41) is 0. The minimum atomic E-state index is 0.528. The van der Waals surface area contributed by atoms with E-state index in [9.17, 15) is 0 Å². The van der Waals surface area contributed by atoms with Crippen LogP contribution in [0.15, 0.2) is 0 Å². The van der Waals surface area contributed by atoms with Crippen molar-refractivity contribution >= 4 is 0 Å². The van der Waals surface area contributed by atoms with E-state index >= 15 is 0 Å². The van der Waals surface area contributed by atoms with Gasteiger partial charge in [0.05, 0.1) is 0 Å². The molecule has 1 heterocycles. The van der Waals surface area contributed by atoms with Gasteiger partial charge in [0.25, 0.3) is 0 Å². The summed E-state index contributed by atoms with van der Waals surface area (Å²) in [6, 6.07) is 0. The molecule has 18 heavy (non-hydrogen) atoms. The van der Waals surface area contributed by atoms with Gasteiger partial charge in [0.2, 0.25) is 0 Å². The van der Waals surface area contributed by atoms with Crippen molar-refractivity contribution in [3.05, 3.63) is 0 Å². The Morgan fingerprint density at radius 3 is 1.61 bits per heavy atom. The lowest BCUT2D eigenvalue weighted by Gasteiger charge is -2.47. The predicted octanol–water partition coefficient (Wildman–Crippen LogP) is 5.39. The van der Waals surface area contributed by atoms with Gasteiger partial charge in [-0.1, -0.05) is 65.2 Å². The van der Waals surface area contributed by atoms with Gasteiger partial charge >= 0.3 is 0 Å². The maximum atomic E-state index is 2.75. The van der Waals surface area contributed by atoms with Crippen molar-refractivity contribution in [2.24, 2.45) is 0 Å². The molecule has 1 heteroatoms. The summed E-state index contributed by atoms with van der Waals surface area (Å²) in [5.74, 6) is 0. The van der Waals surface area contributed by atoms with Gasteiger partial charge in [-0.15, -0.1) is 0 Å². The third kappa shape index (κ3) is 5.30. The number of unbranched alkanes of at least 4 members (excludes halogenated alkanes) is 6. The summed E-state index contributed by atoms with van der Waals surface area (Å²) in [5.41, 5.74) is 0.528. The van der Waals surface area contributed by atoms with Crippen molar-refractivity contribution in [2.75, 3.05) is 13.1 Å². The number of hydrogen-bond donors (Lipinski definition) is 0. The molecular weight excluding hydrogens is 218 g/mol. The van der Waals surface area contributed by atoms with Gasteiger partial charge in [0, 0.05) is 5.54 Å². The first-order valence-electron chi connectivity index (χ1n) is 8.48. The van der Waals surface area contributed by atoms with Crippen molar-refractivity contribution in [1.29, 1.82) is 0 Å². The van der Waals surface area contributed by atoms with Crippen molar-refractivity contribution in [3.8, 4) is 0 Å². The van der Waals surface area contributed by atoms with Crippen LogP contribution in [0.4, 0.5) is 0 Å². The highest BCUT2D eigenvalue weighted by Crippen LogP contribution is 2.32. The third-order valence-electron chi connectivity index (χ3n) is 4.76. The standard InChI is InChI=1S/C17H35N/c1-4-6-8-10-13-17(3,18-15-12-16-18)14-11-9-7-5-2/h4-16H2,1-3H3. The van der Waals surface area contributed by atoms with Gasteiger partial charge < -0.3 is 0 Å². The zero-order chi connectivity index (χ0) is 13.3. The molecule has 0 saturated carbocycles. The van der Waals surface area contributed by atoms with E-state index in [1.807, 2.05) is 0 Å². The molecule has 0 N–H and O–H groups in total. The van der Waals surface area contributed by atoms with E-state index in [-0.39, 0.29) is 0 Å². The predicted molar refractivity (Wildman–Crippen MR) is 82.1 cm³/mol. The van der Waals surface area contributed by atoms with Crippen LogP contribution in [0.3, 0.4) is 0 Å². The molecule has 0 bridgehead atoms. The second kappa shape index (κ2) is 8.96. The molecule has 0 amide bonds. The Hall–Kier alpha value is -0.0400. The Labute approximate surface area is 115 Å². The maximum absolute atomic E-state index is 2.75. The van der Waals surface area contributed by atoms with Crippen LogP contribution in [-0.4, -0.2) is 23.5 Å². The van der Waals surface area contributed by atoms with Crippen molar-refractivity contribution in [2.45, 2.75) is 96.9 Å². The molecule has 0 aromatic carbocycles. The monoisotopic (exact) mass is 253 g/mol. The first-order chi connectivity index (χ1) is 8.73. The largest absolute Gasteiger partial charge is 0.298 e. The number of likely N-dealkylation sites (tertiary alicyclic amines) is 1. The molecule has 108 valence electrons. The first kappa shape index (κ1) is 16.0. The maximum Gasteiger partial charge on any atom is 0.0181 e. The molecule has 0 unspecified atom stereocenters. The average Bonchev–Trinajstić information content (AvgIpc) is 2.28. The van der Waals surface area contributed by atoms with Crippen LogP contribution in [0.25, 0.3) is 0 Å². The van der Waals surface area contributed by atoms with Gasteiger partial charge in [0.1, 0.15) is 0 Å². The minimum absolute atomic E-state index is 0.528. The summed E-state index contributed by atoms with van der Waals surface area (Å²) >= 11 is 0. The van der Waals surface area contributed by atoms with E-state index in [1.165, 1.54) is 83.7 Å². The molecule has 0 spiro atoms. The Kier molecular flexibility index (Phi) is 7.97. The molecule has 0 atom stereocenters. The van der Waals surface area contributed by atoms with Gasteiger partial charge in [-0.25, -0.2) is 0 Å². The quantitative estimate of drug-likeness (QED) is 0.446. The van der Waals surface area contributed by atoms with Crippen molar-refractivity contribution in [1.82, 2.24) is 4.90 Å². The van der Waals surface area contributed by atoms with E-state index < -0.39 is 0 Å². The van der Waals surface area contributed by atoms with Crippen molar-refractivity contribution in [3.63, 3.8) is 0 Å². The van der Waals surface area contributed by atoms with Crippen LogP contribution in [0, 0.1) is 0 Å². The summed E-state index contributed by atoms with van der Waals surface area (Å²) in [4.78, 5) is 2.75. The first-order valence-corrected chi connectivity index (χ1v) is 8.48. The van der Waals surface area contributed by atoms with E-state index in [4.69, 9.17) is 0 Å². The zero-order valence-corrected chi connectivity index (χ0v) is 13.1. The highest BCUT2D eigenvalue weighted by atomic mass is 15.2. The second-order valence-corrected chi connectivity index (χ2v) is 6.46. The van der Waals surface area contributed by atoms with Crippen LogP contribution < -0.4 is 0 Å². The molecule has 1 rings (SSSR count). The topological polar surface area (TPSA) is 3.24 Å². The Balaban J connectivity index is 2.27. The van der Waals surface area contributed by atoms with Crippen LogP contribution in [-0.2, 0) is 0 Å². The molecule has 1 aliphatic heterocycles. The summed E-state index contributed by atoms with van der Waals surface area (Å²) < 4.78 is 0. The molecule has 0 aliphatic carbocycles. The average molecular weight is 253 g/mol. The molecule has 1 fully saturated rings. The normalized spacial score (nSPS) is 16.8. The van der Waals surface area contributed by atoms with E-state index in [0.29, 0.717) is 5.54 Å². The highest BCUT2D eigenvalue weighted by Gasteiger charge is 2.33. The van der Waals surface area contributed by atoms with Gasteiger partial charge in [0.15, 0.2) is 0 Å². The van der Waals surface area contributed by atoms with Gasteiger partial charge in [-0.05, 0) is 39.3 Å². The molecule has 1 aliphatic rings. The van der Waals surface area contributed by atoms with Crippen LogP contribution in [0.1, 0.15) is 91.4 Å². The molecule has 0 aromatic heterocycles. The van der Waals surface area contributed by atoms with E-state index in [2.05, 4.69) is 25.7 Å². The third-order valence-corrected chi connectivity index (χ3v) is 4.76. The van der Waals surface area contributed by atoms with Crippen molar-refractivity contribution < 1.29 is 0 Å². The summed E-state index contributed by atoms with van der Waals surface area (Å²) in [7, 11) is 0. The minimum Gasteiger partial charge on any atom is -0.298 e.